The summed E-state index contributed by atoms with van der Waals surface area (Å²) in [6, 6.07) is 11.4. The fourth-order valence-corrected chi connectivity index (χ4v) is 4.18. The van der Waals surface area contributed by atoms with E-state index < -0.39 is 0 Å². The van der Waals surface area contributed by atoms with Gasteiger partial charge in [-0.3, -0.25) is 4.79 Å². The first-order chi connectivity index (χ1) is 10.3. The summed E-state index contributed by atoms with van der Waals surface area (Å²) >= 11 is 0. The van der Waals surface area contributed by atoms with Gasteiger partial charge in [0, 0.05) is 12.8 Å². The lowest BCUT2D eigenvalue weighted by Crippen LogP contribution is -2.13. The minimum absolute atomic E-state index is 0.394. The van der Waals surface area contributed by atoms with Crippen LogP contribution in [-0.2, 0) is 17.6 Å². The van der Waals surface area contributed by atoms with Gasteiger partial charge in [0.2, 0.25) is 0 Å². The van der Waals surface area contributed by atoms with Gasteiger partial charge in [0.05, 0.1) is 0 Å². The van der Waals surface area contributed by atoms with Crippen molar-refractivity contribution < 1.29 is 4.79 Å². The summed E-state index contributed by atoms with van der Waals surface area (Å²) in [6.45, 7) is 0. The van der Waals surface area contributed by atoms with Crippen LogP contribution in [0.15, 0.2) is 30.3 Å². The molecule has 0 unspecified atom stereocenters. The fraction of sp³-hybridized carbons (Fsp3) is 0.450. The smallest absolute Gasteiger partial charge is 0.137 e. The number of rotatable bonds is 1. The van der Waals surface area contributed by atoms with Gasteiger partial charge >= 0.3 is 0 Å². The first kappa shape index (κ1) is 13.1. The molecule has 0 atom stereocenters. The molecule has 2 aromatic carbocycles. The van der Waals surface area contributed by atoms with Gasteiger partial charge in [0.25, 0.3) is 0 Å². The van der Waals surface area contributed by atoms with Crippen molar-refractivity contribution >= 4 is 16.6 Å². The van der Waals surface area contributed by atoms with E-state index in [0.717, 1.165) is 18.8 Å². The Morgan fingerprint density at radius 1 is 0.905 bits per heavy atom. The number of carbonyl (C=O) groups is 1. The van der Waals surface area contributed by atoms with E-state index in [0.29, 0.717) is 12.2 Å². The molecule has 0 aromatic heterocycles. The summed E-state index contributed by atoms with van der Waals surface area (Å²) in [5.74, 6) is 1.14. The Morgan fingerprint density at radius 2 is 1.76 bits per heavy atom. The van der Waals surface area contributed by atoms with Crippen molar-refractivity contribution in [3.05, 3.63) is 47.0 Å². The Kier molecular flexibility index (Phi) is 3.29. The van der Waals surface area contributed by atoms with Crippen molar-refractivity contribution in [1.29, 1.82) is 0 Å². The largest absolute Gasteiger partial charge is 0.299 e. The highest BCUT2D eigenvalue weighted by atomic mass is 16.1. The van der Waals surface area contributed by atoms with Crippen LogP contribution in [-0.4, -0.2) is 5.78 Å². The SMILES string of the molecule is O=C1CCc2cc3c(C4CCCCC4)cccc3cc2C1. The van der Waals surface area contributed by atoms with Crippen LogP contribution in [0.2, 0.25) is 0 Å². The highest BCUT2D eigenvalue weighted by Crippen LogP contribution is 2.37. The maximum Gasteiger partial charge on any atom is 0.137 e. The molecule has 1 saturated carbocycles. The quantitative estimate of drug-likeness (QED) is 0.721. The molecule has 0 N–H and O–H groups in total. The highest BCUT2D eigenvalue weighted by Gasteiger charge is 2.20. The average Bonchev–Trinajstić information content (AvgIpc) is 2.53. The molecule has 0 bridgehead atoms. The zero-order chi connectivity index (χ0) is 14.2. The van der Waals surface area contributed by atoms with E-state index >= 15 is 0 Å². The van der Waals surface area contributed by atoms with Gasteiger partial charge in [0.15, 0.2) is 0 Å². The predicted molar refractivity (Wildman–Crippen MR) is 86.8 cm³/mol. The molecule has 1 heteroatoms. The Labute approximate surface area is 126 Å². The molecule has 0 spiro atoms. The van der Waals surface area contributed by atoms with E-state index in [1.165, 1.54) is 54.0 Å². The van der Waals surface area contributed by atoms with Gasteiger partial charge < -0.3 is 0 Å². The van der Waals surface area contributed by atoms with Gasteiger partial charge in [-0.15, -0.1) is 0 Å². The van der Waals surface area contributed by atoms with Crippen LogP contribution in [0.25, 0.3) is 10.8 Å². The second-order valence-electron chi connectivity index (χ2n) is 6.74. The van der Waals surface area contributed by atoms with Crippen molar-refractivity contribution in [1.82, 2.24) is 0 Å². The summed E-state index contributed by atoms with van der Waals surface area (Å²) in [5, 5.41) is 2.77. The summed E-state index contributed by atoms with van der Waals surface area (Å²) in [5.41, 5.74) is 4.22. The number of aryl methyl sites for hydroxylation is 1. The van der Waals surface area contributed by atoms with Crippen molar-refractivity contribution in [2.24, 2.45) is 0 Å². The molecule has 2 aliphatic rings. The molecular formula is C20H22O. The maximum absolute atomic E-state index is 11.7. The van der Waals surface area contributed by atoms with Gasteiger partial charge in [0.1, 0.15) is 5.78 Å². The van der Waals surface area contributed by atoms with Crippen molar-refractivity contribution in [3.63, 3.8) is 0 Å². The Balaban J connectivity index is 1.83. The second-order valence-corrected chi connectivity index (χ2v) is 6.74. The monoisotopic (exact) mass is 278 g/mol. The minimum atomic E-state index is 0.394. The van der Waals surface area contributed by atoms with Crippen LogP contribution in [0.3, 0.4) is 0 Å². The van der Waals surface area contributed by atoms with E-state index in [4.69, 9.17) is 0 Å². The number of fused-ring (bicyclic) bond motifs is 2. The molecule has 21 heavy (non-hydrogen) atoms. The van der Waals surface area contributed by atoms with Crippen molar-refractivity contribution in [2.45, 2.75) is 57.3 Å². The molecule has 1 nitrogen and oxygen atoms in total. The summed E-state index contributed by atoms with van der Waals surface area (Å²) < 4.78 is 0. The molecule has 0 aliphatic heterocycles. The van der Waals surface area contributed by atoms with Crippen LogP contribution in [0, 0.1) is 0 Å². The first-order valence-corrected chi connectivity index (χ1v) is 8.37. The normalized spacial score (nSPS) is 19.7. The molecule has 0 saturated heterocycles. The molecule has 4 rings (SSSR count). The Bertz CT molecular complexity index is 692. The molecule has 2 aromatic rings. The van der Waals surface area contributed by atoms with Gasteiger partial charge in [-0.05, 0) is 52.6 Å². The third-order valence-corrected chi connectivity index (χ3v) is 5.34. The third-order valence-electron chi connectivity index (χ3n) is 5.34. The highest BCUT2D eigenvalue weighted by molar-refractivity contribution is 5.91. The maximum atomic E-state index is 11.7. The second kappa shape index (κ2) is 5.29. The van der Waals surface area contributed by atoms with E-state index in [2.05, 4.69) is 30.3 Å². The summed E-state index contributed by atoms with van der Waals surface area (Å²) in [7, 11) is 0. The molecule has 0 heterocycles. The van der Waals surface area contributed by atoms with Crippen LogP contribution in [0.1, 0.15) is 61.1 Å². The minimum Gasteiger partial charge on any atom is -0.299 e. The van der Waals surface area contributed by atoms with E-state index in [9.17, 15) is 4.79 Å². The lowest BCUT2D eigenvalue weighted by Gasteiger charge is -2.24. The van der Waals surface area contributed by atoms with Gasteiger partial charge in [-0.25, -0.2) is 0 Å². The fourth-order valence-electron chi connectivity index (χ4n) is 4.18. The van der Waals surface area contributed by atoms with Crippen LogP contribution < -0.4 is 0 Å². The lowest BCUT2D eigenvalue weighted by atomic mass is 9.80. The zero-order valence-corrected chi connectivity index (χ0v) is 12.5. The standard InChI is InChI=1S/C20H22O/c21-18-10-9-15-13-20-16(11-17(15)12-18)7-4-8-19(20)14-5-2-1-3-6-14/h4,7-8,11,13-14H,1-3,5-6,9-10,12H2. The molecule has 108 valence electrons. The third kappa shape index (κ3) is 2.39. The molecule has 1 fully saturated rings. The lowest BCUT2D eigenvalue weighted by molar-refractivity contribution is -0.118. The van der Waals surface area contributed by atoms with Crippen molar-refractivity contribution in [2.75, 3.05) is 0 Å². The summed E-state index contributed by atoms with van der Waals surface area (Å²) in [4.78, 5) is 11.7. The van der Waals surface area contributed by atoms with Crippen LogP contribution in [0.4, 0.5) is 0 Å². The van der Waals surface area contributed by atoms with E-state index in [-0.39, 0.29) is 0 Å². The molecular weight excluding hydrogens is 256 g/mol. The van der Waals surface area contributed by atoms with Crippen molar-refractivity contribution in [3.8, 4) is 0 Å². The predicted octanol–water partition coefficient (Wildman–Crippen LogP) is 4.95. The van der Waals surface area contributed by atoms with E-state index in [1.54, 1.807) is 5.56 Å². The number of hydrogen-bond donors (Lipinski definition) is 0. The number of ketones is 1. The van der Waals surface area contributed by atoms with Gasteiger partial charge in [-0.1, -0.05) is 49.6 Å². The van der Waals surface area contributed by atoms with E-state index in [1.807, 2.05) is 0 Å². The number of benzene rings is 2. The summed E-state index contributed by atoms with van der Waals surface area (Å²) in [6.07, 6.45) is 9.13. The molecule has 0 radical (unpaired) electrons. The first-order valence-electron chi connectivity index (χ1n) is 8.37. The number of Topliss-reactive ketones (excluding diaryl/α,β-unsaturated/α-hetero) is 1. The topological polar surface area (TPSA) is 17.1 Å². The number of carbonyl (C=O) groups excluding carboxylic acids is 1. The number of hydrogen-bond acceptors (Lipinski definition) is 1. The Hall–Kier alpha value is -1.63. The molecule has 0 amide bonds. The average molecular weight is 278 g/mol. The van der Waals surface area contributed by atoms with Gasteiger partial charge in [-0.2, -0.15) is 0 Å². The van der Waals surface area contributed by atoms with Crippen LogP contribution >= 0.6 is 0 Å². The van der Waals surface area contributed by atoms with Crippen LogP contribution in [0.5, 0.6) is 0 Å². The molecule has 2 aliphatic carbocycles. The Morgan fingerprint density at radius 3 is 2.62 bits per heavy atom. The zero-order valence-electron chi connectivity index (χ0n) is 12.5.